The summed E-state index contributed by atoms with van der Waals surface area (Å²) >= 11 is 5.81. The Kier molecular flexibility index (Phi) is 4.30. The molecule has 0 aliphatic heterocycles. The number of nitrogens with zero attached hydrogens (tertiary/aromatic N) is 3. The van der Waals surface area contributed by atoms with Gasteiger partial charge in [0, 0.05) is 29.2 Å². The molecule has 0 aliphatic carbocycles. The van der Waals surface area contributed by atoms with Gasteiger partial charge in [0.05, 0.1) is 5.69 Å². The Bertz CT molecular complexity index is 866. The largest absolute Gasteiger partial charge is 0.322 e. The summed E-state index contributed by atoms with van der Waals surface area (Å²) < 4.78 is 0. The number of benzene rings is 1. The lowest BCUT2D eigenvalue weighted by atomic mass is 10.1. The van der Waals surface area contributed by atoms with Gasteiger partial charge in [0.1, 0.15) is 11.0 Å². The van der Waals surface area contributed by atoms with Crippen molar-refractivity contribution in [3.63, 3.8) is 0 Å². The summed E-state index contributed by atoms with van der Waals surface area (Å²) in [7, 11) is 0. The predicted molar refractivity (Wildman–Crippen MR) is 89.4 cm³/mol. The molecule has 3 aromatic rings. The van der Waals surface area contributed by atoms with Gasteiger partial charge in [-0.3, -0.25) is 4.79 Å². The lowest BCUT2D eigenvalue weighted by Gasteiger charge is -2.08. The summed E-state index contributed by atoms with van der Waals surface area (Å²) in [6.45, 7) is 1.84. The van der Waals surface area contributed by atoms with Crippen LogP contribution in [0.3, 0.4) is 0 Å². The van der Waals surface area contributed by atoms with E-state index in [-0.39, 0.29) is 11.1 Å². The first-order chi connectivity index (χ1) is 11.1. The molecule has 1 amide bonds. The van der Waals surface area contributed by atoms with Gasteiger partial charge < -0.3 is 5.32 Å². The second kappa shape index (κ2) is 6.54. The third-order valence-electron chi connectivity index (χ3n) is 3.18. The van der Waals surface area contributed by atoms with Crippen molar-refractivity contribution in [3.05, 3.63) is 71.4 Å². The number of amides is 1. The van der Waals surface area contributed by atoms with Gasteiger partial charge in [-0.25, -0.2) is 15.0 Å². The number of aromatic nitrogens is 3. The van der Waals surface area contributed by atoms with Gasteiger partial charge in [-0.1, -0.05) is 23.7 Å². The molecular formula is C17H13ClN4O. The number of nitrogens with one attached hydrogen (secondary N) is 1. The zero-order valence-electron chi connectivity index (χ0n) is 12.3. The van der Waals surface area contributed by atoms with E-state index in [2.05, 4.69) is 20.3 Å². The van der Waals surface area contributed by atoms with E-state index in [0.717, 1.165) is 11.3 Å². The molecule has 0 unspecified atom stereocenters. The summed E-state index contributed by atoms with van der Waals surface area (Å²) in [6.07, 6.45) is 3.21. The summed E-state index contributed by atoms with van der Waals surface area (Å²) in [5, 5.41) is 3.12. The van der Waals surface area contributed by atoms with Crippen molar-refractivity contribution in [1.82, 2.24) is 15.0 Å². The minimum Gasteiger partial charge on any atom is -0.322 e. The molecule has 1 N–H and O–H groups in total. The van der Waals surface area contributed by atoms with Crippen LogP contribution in [0.4, 0.5) is 5.69 Å². The minimum atomic E-state index is -0.245. The second-order valence-electron chi connectivity index (χ2n) is 4.89. The van der Waals surface area contributed by atoms with Crippen LogP contribution in [0.2, 0.25) is 5.15 Å². The van der Waals surface area contributed by atoms with E-state index < -0.39 is 0 Å². The van der Waals surface area contributed by atoms with Crippen molar-refractivity contribution >= 4 is 23.2 Å². The van der Waals surface area contributed by atoms with Crippen molar-refractivity contribution in [2.45, 2.75) is 6.92 Å². The molecule has 0 fully saturated rings. The van der Waals surface area contributed by atoms with Crippen LogP contribution in [0.1, 0.15) is 16.2 Å². The molecule has 0 radical (unpaired) electrons. The van der Waals surface area contributed by atoms with Gasteiger partial charge in [-0.05, 0) is 37.3 Å². The first-order valence-electron chi connectivity index (χ1n) is 6.95. The van der Waals surface area contributed by atoms with Crippen molar-refractivity contribution in [3.8, 4) is 11.3 Å². The molecule has 0 bridgehead atoms. The maximum atomic E-state index is 12.2. The summed E-state index contributed by atoms with van der Waals surface area (Å²) in [5.74, 6) is 0.452. The van der Waals surface area contributed by atoms with Gasteiger partial charge in [0.2, 0.25) is 0 Å². The van der Waals surface area contributed by atoms with E-state index in [1.54, 1.807) is 12.3 Å². The highest BCUT2D eigenvalue weighted by molar-refractivity contribution is 6.29. The Hall–Kier alpha value is -2.79. The van der Waals surface area contributed by atoms with Crippen LogP contribution >= 0.6 is 11.6 Å². The smallest absolute Gasteiger partial charge is 0.255 e. The average molecular weight is 325 g/mol. The quantitative estimate of drug-likeness (QED) is 0.745. The van der Waals surface area contributed by atoms with Gasteiger partial charge >= 0.3 is 0 Å². The first kappa shape index (κ1) is 15.1. The van der Waals surface area contributed by atoms with Crippen molar-refractivity contribution in [2.75, 3.05) is 5.32 Å². The second-order valence-corrected chi connectivity index (χ2v) is 5.28. The molecule has 6 heteroatoms. The molecule has 0 atom stereocenters. The number of anilines is 1. The molecule has 0 spiro atoms. The normalized spacial score (nSPS) is 10.3. The fraction of sp³-hybridized carbons (Fsp3) is 0.0588. The number of carbonyl (C=O) groups excluding carboxylic acids is 1. The average Bonchev–Trinajstić information content (AvgIpc) is 2.55. The van der Waals surface area contributed by atoms with Gasteiger partial charge in [0.15, 0.2) is 0 Å². The molecule has 114 valence electrons. The van der Waals surface area contributed by atoms with Crippen LogP contribution in [-0.2, 0) is 0 Å². The Morgan fingerprint density at radius 2 is 1.91 bits per heavy atom. The highest BCUT2D eigenvalue weighted by atomic mass is 35.5. The molecule has 23 heavy (non-hydrogen) atoms. The molecule has 0 aliphatic rings. The molecule has 2 heterocycles. The van der Waals surface area contributed by atoms with Gasteiger partial charge in [-0.15, -0.1) is 0 Å². The third-order valence-corrected chi connectivity index (χ3v) is 3.39. The van der Waals surface area contributed by atoms with Crippen LogP contribution in [0.15, 0.2) is 54.9 Å². The van der Waals surface area contributed by atoms with Crippen LogP contribution in [-0.4, -0.2) is 20.9 Å². The number of hydrogen-bond acceptors (Lipinski definition) is 4. The van der Waals surface area contributed by atoms with E-state index in [1.807, 2.05) is 37.3 Å². The number of halogens is 1. The Labute approximate surface area is 138 Å². The highest BCUT2D eigenvalue weighted by Gasteiger charge is 2.08. The summed E-state index contributed by atoms with van der Waals surface area (Å²) in [4.78, 5) is 24.6. The highest BCUT2D eigenvalue weighted by Crippen LogP contribution is 2.21. The molecule has 2 aromatic heterocycles. The standard InChI is InChI=1S/C17H13ClN4O/c1-11-19-8-6-15(21-11)12-3-2-4-14(9-12)22-17(23)13-5-7-20-16(18)10-13/h2-10H,1H3,(H,22,23). The van der Waals surface area contributed by atoms with Gasteiger partial charge in [0.25, 0.3) is 5.91 Å². The molecule has 0 saturated carbocycles. The maximum absolute atomic E-state index is 12.2. The maximum Gasteiger partial charge on any atom is 0.255 e. The Balaban J connectivity index is 1.84. The fourth-order valence-corrected chi connectivity index (χ4v) is 2.29. The Morgan fingerprint density at radius 3 is 2.70 bits per heavy atom. The molecule has 3 rings (SSSR count). The third kappa shape index (κ3) is 3.70. The van der Waals surface area contributed by atoms with E-state index in [9.17, 15) is 4.79 Å². The fourth-order valence-electron chi connectivity index (χ4n) is 2.12. The lowest BCUT2D eigenvalue weighted by Crippen LogP contribution is -2.12. The van der Waals surface area contributed by atoms with Crippen molar-refractivity contribution in [2.24, 2.45) is 0 Å². The van der Waals surface area contributed by atoms with E-state index in [1.165, 1.54) is 12.3 Å². The van der Waals surface area contributed by atoms with Crippen molar-refractivity contribution in [1.29, 1.82) is 0 Å². The number of carbonyl (C=O) groups is 1. The van der Waals surface area contributed by atoms with E-state index in [4.69, 9.17) is 11.6 Å². The van der Waals surface area contributed by atoms with E-state index in [0.29, 0.717) is 17.1 Å². The molecular weight excluding hydrogens is 312 g/mol. The first-order valence-corrected chi connectivity index (χ1v) is 7.32. The molecule has 5 nitrogen and oxygen atoms in total. The zero-order chi connectivity index (χ0) is 16.2. The topological polar surface area (TPSA) is 67.8 Å². The van der Waals surface area contributed by atoms with E-state index >= 15 is 0 Å². The minimum absolute atomic E-state index is 0.245. The zero-order valence-corrected chi connectivity index (χ0v) is 13.1. The predicted octanol–water partition coefficient (Wildman–Crippen LogP) is 3.75. The van der Waals surface area contributed by atoms with Crippen LogP contribution in [0, 0.1) is 6.92 Å². The van der Waals surface area contributed by atoms with Crippen molar-refractivity contribution < 1.29 is 4.79 Å². The number of aryl methyl sites for hydroxylation is 1. The number of hydrogen-bond donors (Lipinski definition) is 1. The van der Waals surface area contributed by atoms with Crippen LogP contribution < -0.4 is 5.32 Å². The lowest BCUT2D eigenvalue weighted by molar-refractivity contribution is 0.102. The molecule has 0 saturated heterocycles. The van der Waals surface area contributed by atoms with Crippen LogP contribution in [0.5, 0.6) is 0 Å². The van der Waals surface area contributed by atoms with Gasteiger partial charge in [-0.2, -0.15) is 0 Å². The summed E-state index contributed by atoms with van der Waals surface area (Å²) in [5.41, 5.74) is 2.84. The SMILES string of the molecule is Cc1nccc(-c2cccc(NC(=O)c3ccnc(Cl)c3)c2)n1. The van der Waals surface area contributed by atoms with Crippen LogP contribution in [0.25, 0.3) is 11.3 Å². The monoisotopic (exact) mass is 324 g/mol. The number of pyridine rings is 1. The summed E-state index contributed by atoms with van der Waals surface area (Å²) in [6, 6.07) is 12.4. The number of rotatable bonds is 3. The Morgan fingerprint density at radius 1 is 1.09 bits per heavy atom. The molecule has 1 aromatic carbocycles.